The fourth-order valence-electron chi connectivity index (χ4n) is 3.28. The van der Waals surface area contributed by atoms with Crippen molar-refractivity contribution in [1.29, 1.82) is 0 Å². The van der Waals surface area contributed by atoms with Crippen molar-refractivity contribution in [3.05, 3.63) is 59.9 Å². The predicted octanol–water partition coefficient (Wildman–Crippen LogP) is 3.59. The number of hydrogen-bond donors (Lipinski definition) is 2. The molecule has 28 heavy (non-hydrogen) atoms. The normalized spacial score (nSPS) is 15.0. The van der Waals surface area contributed by atoms with Crippen molar-refractivity contribution in [2.24, 2.45) is 0 Å². The van der Waals surface area contributed by atoms with Crippen LogP contribution in [-0.2, 0) is 6.54 Å². The van der Waals surface area contributed by atoms with Crippen LogP contribution in [0, 0.1) is 11.6 Å². The van der Waals surface area contributed by atoms with Gasteiger partial charge in [0.2, 0.25) is 0 Å². The highest BCUT2D eigenvalue weighted by Crippen LogP contribution is 2.29. The first-order valence-corrected chi connectivity index (χ1v) is 9.14. The van der Waals surface area contributed by atoms with Gasteiger partial charge in [-0.3, -0.25) is 0 Å². The number of anilines is 2. The van der Waals surface area contributed by atoms with Crippen LogP contribution in [0.5, 0.6) is 0 Å². The lowest BCUT2D eigenvalue weighted by Gasteiger charge is -2.32. The van der Waals surface area contributed by atoms with Gasteiger partial charge in [0.1, 0.15) is 11.6 Å². The zero-order chi connectivity index (χ0) is 19.5. The maximum Gasteiger partial charge on any atom is 0.260 e. The Morgan fingerprint density at radius 3 is 2.71 bits per heavy atom. The lowest BCUT2D eigenvalue weighted by atomic mass is 10.1. The number of benzene rings is 2. The molecule has 2 N–H and O–H groups in total. The average molecular weight is 386 g/mol. The maximum atomic E-state index is 13.9. The topological polar surface area (TPSA) is 74.4 Å². The molecule has 1 aromatic heterocycles. The summed E-state index contributed by atoms with van der Waals surface area (Å²) in [5.74, 6) is -1.04. The summed E-state index contributed by atoms with van der Waals surface area (Å²) in [6.45, 7) is 1.87. The first-order valence-electron chi connectivity index (χ1n) is 9.14. The summed E-state index contributed by atoms with van der Waals surface area (Å²) in [5.41, 5.74) is 2.02. The molecule has 0 saturated carbocycles. The van der Waals surface area contributed by atoms with Crippen LogP contribution in [0.1, 0.15) is 18.7 Å². The van der Waals surface area contributed by atoms with E-state index in [0.29, 0.717) is 12.4 Å². The summed E-state index contributed by atoms with van der Waals surface area (Å²) in [7, 11) is 0. The summed E-state index contributed by atoms with van der Waals surface area (Å²) in [6, 6.07) is 11.1. The molecular weight excluding hydrogens is 366 g/mol. The molecule has 0 unspecified atom stereocenters. The molecule has 8 heteroatoms. The first-order chi connectivity index (χ1) is 13.6. The third-order valence-electron chi connectivity index (χ3n) is 4.78. The number of hydrogen-bond acceptors (Lipinski definition) is 6. The number of halogens is 2. The second-order valence-corrected chi connectivity index (χ2v) is 6.73. The molecule has 1 aliphatic rings. The van der Waals surface area contributed by atoms with Gasteiger partial charge in [0, 0.05) is 19.2 Å². The molecule has 0 bridgehead atoms. The van der Waals surface area contributed by atoms with Crippen LogP contribution in [0.4, 0.5) is 20.2 Å². The Morgan fingerprint density at radius 2 is 1.93 bits per heavy atom. The summed E-state index contributed by atoms with van der Waals surface area (Å²) in [4.78, 5) is 6.42. The molecule has 6 nitrogen and oxygen atoms in total. The van der Waals surface area contributed by atoms with Crippen LogP contribution >= 0.6 is 0 Å². The molecule has 0 radical (unpaired) electrons. The summed E-state index contributed by atoms with van der Waals surface area (Å²) < 4.78 is 32.0. The van der Waals surface area contributed by atoms with Crippen LogP contribution in [-0.4, -0.2) is 34.4 Å². The van der Waals surface area contributed by atoms with E-state index in [9.17, 15) is 13.9 Å². The quantitative estimate of drug-likeness (QED) is 0.698. The molecule has 0 amide bonds. The summed E-state index contributed by atoms with van der Waals surface area (Å²) in [5, 5.41) is 16.9. The standard InChI is InChI=1S/C20H20F2N4O2/c21-13-5-6-15(16(22)11-13)20-24-19(25-28-20)12-23-17-3-1-2-4-18(17)26-9-7-14(27)8-10-26/h1-6,11,14,23,27H,7-10,12H2. The van der Waals surface area contributed by atoms with E-state index in [1.165, 1.54) is 6.07 Å². The van der Waals surface area contributed by atoms with Crippen LogP contribution in [0.2, 0.25) is 0 Å². The van der Waals surface area contributed by atoms with Gasteiger partial charge < -0.3 is 19.8 Å². The number of piperidine rings is 1. The van der Waals surface area contributed by atoms with Crippen molar-refractivity contribution in [3.8, 4) is 11.5 Å². The van der Waals surface area contributed by atoms with Gasteiger partial charge in [0.25, 0.3) is 5.89 Å². The molecule has 1 aliphatic heterocycles. The van der Waals surface area contributed by atoms with Crippen molar-refractivity contribution in [2.45, 2.75) is 25.5 Å². The summed E-state index contributed by atoms with van der Waals surface area (Å²) >= 11 is 0. The molecule has 2 aromatic carbocycles. The van der Waals surface area contributed by atoms with Crippen molar-refractivity contribution >= 4 is 11.4 Å². The predicted molar refractivity (Wildman–Crippen MR) is 101 cm³/mol. The van der Waals surface area contributed by atoms with Crippen molar-refractivity contribution in [3.63, 3.8) is 0 Å². The highest BCUT2D eigenvalue weighted by atomic mass is 19.1. The fraction of sp³-hybridized carbons (Fsp3) is 0.300. The largest absolute Gasteiger partial charge is 0.393 e. The highest BCUT2D eigenvalue weighted by molar-refractivity contribution is 5.70. The van der Waals surface area contributed by atoms with Gasteiger partial charge in [-0.25, -0.2) is 8.78 Å². The molecule has 4 rings (SSSR count). The molecule has 0 aliphatic carbocycles. The fourth-order valence-corrected chi connectivity index (χ4v) is 3.28. The van der Waals surface area contributed by atoms with Gasteiger partial charge in [0.15, 0.2) is 5.82 Å². The van der Waals surface area contributed by atoms with Crippen LogP contribution in [0.25, 0.3) is 11.5 Å². The molecule has 1 saturated heterocycles. The molecule has 146 valence electrons. The Bertz CT molecular complexity index is 955. The van der Waals surface area contributed by atoms with Gasteiger partial charge in [-0.05, 0) is 37.1 Å². The van der Waals surface area contributed by atoms with Crippen LogP contribution < -0.4 is 10.2 Å². The number of nitrogens with one attached hydrogen (secondary N) is 1. The maximum absolute atomic E-state index is 13.9. The average Bonchev–Trinajstić information content (AvgIpc) is 3.16. The number of aliphatic hydroxyl groups excluding tert-OH is 1. The van der Waals surface area contributed by atoms with E-state index in [-0.39, 0.29) is 17.6 Å². The van der Waals surface area contributed by atoms with Crippen molar-refractivity contribution in [2.75, 3.05) is 23.3 Å². The minimum Gasteiger partial charge on any atom is -0.393 e. The van der Waals surface area contributed by atoms with Gasteiger partial charge in [-0.15, -0.1) is 0 Å². The van der Waals surface area contributed by atoms with Crippen molar-refractivity contribution in [1.82, 2.24) is 10.1 Å². The Labute approximate surface area is 160 Å². The minimum absolute atomic E-state index is 0.00704. The Kier molecular flexibility index (Phi) is 5.21. The smallest absolute Gasteiger partial charge is 0.260 e. The first kappa shape index (κ1) is 18.4. The Morgan fingerprint density at radius 1 is 1.14 bits per heavy atom. The minimum atomic E-state index is -0.749. The lowest BCUT2D eigenvalue weighted by molar-refractivity contribution is 0.145. The van der Waals surface area contributed by atoms with Crippen molar-refractivity contribution < 1.29 is 18.4 Å². The zero-order valence-electron chi connectivity index (χ0n) is 15.1. The number of rotatable bonds is 5. The third-order valence-corrected chi connectivity index (χ3v) is 4.78. The molecule has 3 aromatic rings. The highest BCUT2D eigenvalue weighted by Gasteiger charge is 2.19. The number of aromatic nitrogens is 2. The van der Waals surface area contributed by atoms with Gasteiger partial charge >= 0.3 is 0 Å². The van der Waals surface area contributed by atoms with E-state index in [0.717, 1.165) is 49.4 Å². The zero-order valence-corrected chi connectivity index (χ0v) is 15.1. The monoisotopic (exact) mass is 386 g/mol. The molecule has 2 heterocycles. The SMILES string of the molecule is OC1CCN(c2ccccc2NCc2noc(-c3ccc(F)cc3F)n2)CC1. The second-order valence-electron chi connectivity index (χ2n) is 6.73. The van der Waals surface area contributed by atoms with Gasteiger partial charge in [-0.2, -0.15) is 4.98 Å². The second kappa shape index (κ2) is 7.93. The molecular formula is C20H20F2N4O2. The van der Waals surface area contributed by atoms with Gasteiger partial charge in [-0.1, -0.05) is 17.3 Å². The van der Waals surface area contributed by atoms with E-state index >= 15 is 0 Å². The third kappa shape index (κ3) is 3.96. The van der Waals surface area contributed by atoms with Crippen LogP contribution in [0.3, 0.4) is 0 Å². The van der Waals surface area contributed by atoms with E-state index < -0.39 is 11.6 Å². The Hall–Kier alpha value is -3.00. The molecule has 0 spiro atoms. The number of nitrogens with zero attached hydrogens (tertiary/aromatic N) is 3. The summed E-state index contributed by atoms with van der Waals surface area (Å²) in [6.07, 6.45) is 1.25. The number of para-hydroxylation sites is 2. The molecule has 1 fully saturated rings. The van der Waals surface area contributed by atoms with E-state index in [4.69, 9.17) is 4.52 Å². The van der Waals surface area contributed by atoms with Crippen LogP contribution in [0.15, 0.2) is 47.0 Å². The van der Waals surface area contributed by atoms with E-state index in [1.807, 2.05) is 24.3 Å². The lowest BCUT2D eigenvalue weighted by Crippen LogP contribution is -2.36. The molecule has 0 atom stereocenters. The van der Waals surface area contributed by atoms with Gasteiger partial charge in [0.05, 0.1) is 29.6 Å². The Balaban J connectivity index is 1.46. The van der Waals surface area contributed by atoms with E-state index in [1.54, 1.807) is 0 Å². The van der Waals surface area contributed by atoms with E-state index in [2.05, 4.69) is 20.4 Å². The number of aliphatic hydroxyl groups is 1.